The second kappa shape index (κ2) is 18.1. The first kappa shape index (κ1) is 30.7. The van der Waals surface area contributed by atoms with Gasteiger partial charge in [-0.25, -0.2) is 0 Å². The Morgan fingerprint density at radius 1 is 0.500 bits per heavy atom. The minimum Gasteiger partial charge on any atom is -0.460 e. The van der Waals surface area contributed by atoms with Crippen LogP contribution >= 0.6 is 0 Å². The van der Waals surface area contributed by atoms with E-state index in [0.29, 0.717) is 12.8 Å². The van der Waals surface area contributed by atoms with Crippen LogP contribution in [0.15, 0.2) is 12.2 Å². The van der Waals surface area contributed by atoms with Gasteiger partial charge in [-0.05, 0) is 80.1 Å². The Bertz CT molecular complexity index is 509. The SMILES string of the molecule is CC(C)(C)OC(=O)CCCC/C=C/CCCCCCCCCCCCC(=O)OC(C)(C)C. The number of rotatable bonds is 18. The first-order chi connectivity index (χ1) is 15.0. The lowest BCUT2D eigenvalue weighted by Crippen LogP contribution is -2.23. The van der Waals surface area contributed by atoms with Gasteiger partial charge >= 0.3 is 11.9 Å². The summed E-state index contributed by atoms with van der Waals surface area (Å²) in [7, 11) is 0. The van der Waals surface area contributed by atoms with Gasteiger partial charge in [0.05, 0.1) is 0 Å². The van der Waals surface area contributed by atoms with Crippen LogP contribution in [-0.4, -0.2) is 23.1 Å². The topological polar surface area (TPSA) is 52.6 Å². The number of carbonyl (C=O) groups is 2. The number of ether oxygens (including phenoxy) is 2. The Morgan fingerprint density at radius 3 is 1.16 bits per heavy atom. The molecule has 0 aromatic carbocycles. The van der Waals surface area contributed by atoms with Crippen LogP contribution in [0.4, 0.5) is 0 Å². The van der Waals surface area contributed by atoms with Crippen molar-refractivity contribution in [2.75, 3.05) is 0 Å². The van der Waals surface area contributed by atoms with Crippen LogP contribution in [0.5, 0.6) is 0 Å². The third kappa shape index (κ3) is 24.9. The van der Waals surface area contributed by atoms with E-state index in [1.54, 1.807) is 0 Å². The van der Waals surface area contributed by atoms with Crippen molar-refractivity contribution in [1.82, 2.24) is 0 Å². The van der Waals surface area contributed by atoms with Crippen LogP contribution in [-0.2, 0) is 19.1 Å². The standard InChI is InChI=1S/C28H52O4/c1-27(2,3)31-25(29)23-21-19-17-15-13-11-9-7-8-10-12-14-16-18-20-22-24-26(30)32-28(4,5)6/h13,15H,7-12,14,16-24H2,1-6H3/b15-13+. The second-order valence-electron chi connectivity index (χ2n) is 11.0. The van der Waals surface area contributed by atoms with Crippen molar-refractivity contribution in [3.05, 3.63) is 12.2 Å². The average Bonchev–Trinajstić information content (AvgIpc) is 2.64. The summed E-state index contributed by atoms with van der Waals surface area (Å²) in [4.78, 5) is 23.3. The van der Waals surface area contributed by atoms with E-state index in [0.717, 1.165) is 32.1 Å². The zero-order chi connectivity index (χ0) is 24.3. The van der Waals surface area contributed by atoms with Gasteiger partial charge in [0.2, 0.25) is 0 Å². The maximum absolute atomic E-state index is 11.6. The summed E-state index contributed by atoms with van der Waals surface area (Å²) in [5.74, 6) is -0.148. The summed E-state index contributed by atoms with van der Waals surface area (Å²) in [6.45, 7) is 11.5. The molecule has 4 nitrogen and oxygen atoms in total. The molecule has 0 saturated heterocycles. The monoisotopic (exact) mass is 452 g/mol. The molecule has 188 valence electrons. The number of carbonyl (C=O) groups excluding carboxylic acids is 2. The predicted octanol–water partition coefficient (Wildman–Crippen LogP) is 8.47. The Hall–Kier alpha value is -1.32. The van der Waals surface area contributed by atoms with E-state index in [2.05, 4.69) is 12.2 Å². The second-order valence-corrected chi connectivity index (χ2v) is 11.0. The smallest absolute Gasteiger partial charge is 0.306 e. The van der Waals surface area contributed by atoms with Crippen LogP contribution in [0, 0.1) is 0 Å². The molecular formula is C28H52O4. The van der Waals surface area contributed by atoms with Crippen LogP contribution in [0.1, 0.15) is 144 Å². The highest BCUT2D eigenvalue weighted by Crippen LogP contribution is 2.14. The highest BCUT2D eigenvalue weighted by atomic mass is 16.6. The lowest BCUT2D eigenvalue weighted by molar-refractivity contribution is -0.156. The van der Waals surface area contributed by atoms with E-state index >= 15 is 0 Å². The molecule has 0 amide bonds. The molecule has 0 rings (SSSR count). The van der Waals surface area contributed by atoms with Crippen LogP contribution in [0.25, 0.3) is 0 Å². The van der Waals surface area contributed by atoms with Gasteiger partial charge in [-0.2, -0.15) is 0 Å². The molecule has 0 aliphatic heterocycles. The molecule has 4 heteroatoms. The van der Waals surface area contributed by atoms with E-state index in [1.807, 2.05) is 41.5 Å². The molecule has 0 bridgehead atoms. The highest BCUT2D eigenvalue weighted by molar-refractivity contribution is 5.70. The summed E-state index contributed by atoms with van der Waals surface area (Å²) in [5.41, 5.74) is -0.737. The van der Waals surface area contributed by atoms with Gasteiger partial charge in [0.25, 0.3) is 0 Å². The summed E-state index contributed by atoms with van der Waals surface area (Å²) in [5, 5.41) is 0. The Morgan fingerprint density at radius 2 is 0.781 bits per heavy atom. The number of esters is 2. The largest absolute Gasteiger partial charge is 0.460 e. The lowest BCUT2D eigenvalue weighted by Gasteiger charge is -2.19. The van der Waals surface area contributed by atoms with E-state index in [-0.39, 0.29) is 23.1 Å². The fourth-order valence-electron chi connectivity index (χ4n) is 3.50. The third-order valence-electron chi connectivity index (χ3n) is 5.01. The quantitative estimate of drug-likeness (QED) is 0.119. The maximum atomic E-state index is 11.6. The molecular weight excluding hydrogens is 400 g/mol. The minimum absolute atomic E-state index is 0.0643. The van der Waals surface area contributed by atoms with E-state index < -0.39 is 0 Å². The van der Waals surface area contributed by atoms with Crippen molar-refractivity contribution in [2.24, 2.45) is 0 Å². The van der Waals surface area contributed by atoms with Gasteiger partial charge in [0, 0.05) is 12.8 Å². The number of hydrogen-bond donors (Lipinski definition) is 0. The molecule has 0 N–H and O–H groups in total. The van der Waals surface area contributed by atoms with Gasteiger partial charge < -0.3 is 9.47 Å². The van der Waals surface area contributed by atoms with Crippen molar-refractivity contribution in [3.8, 4) is 0 Å². The Kier molecular flexibility index (Phi) is 17.4. The summed E-state index contributed by atoms with van der Waals surface area (Å²) < 4.78 is 10.6. The van der Waals surface area contributed by atoms with Gasteiger partial charge in [0.15, 0.2) is 0 Å². The molecule has 0 aromatic rings. The van der Waals surface area contributed by atoms with Crippen LogP contribution in [0.2, 0.25) is 0 Å². The van der Waals surface area contributed by atoms with Crippen molar-refractivity contribution >= 4 is 11.9 Å². The Balaban J connectivity index is 3.31. The first-order valence-corrected chi connectivity index (χ1v) is 13.1. The third-order valence-corrected chi connectivity index (χ3v) is 5.01. The molecule has 0 radical (unpaired) electrons. The molecule has 0 atom stereocenters. The van der Waals surface area contributed by atoms with Gasteiger partial charge in [-0.1, -0.05) is 63.5 Å². The van der Waals surface area contributed by atoms with Gasteiger partial charge in [0.1, 0.15) is 11.2 Å². The molecule has 0 aliphatic carbocycles. The van der Waals surface area contributed by atoms with Crippen LogP contribution in [0.3, 0.4) is 0 Å². The minimum atomic E-state index is -0.374. The summed E-state index contributed by atoms with van der Waals surface area (Å²) >= 11 is 0. The van der Waals surface area contributed by atoms with E-state index in [4.69, 9.17) is 9.47 Å². The van der Waals surface area contributed by atoms with Crippen molar-refractivity contribution < 1.29 is 19.1 Å². The molecule has 0 fully saturated rings. The first-order valence-electron chi connectivity index (χ1n) is 13.1. The van der Waals surface area contributed by atoms with Crippen molar-refractivity contribution in [1.29, 1.82) is 0 Å². The average molecular weight is 453 g/mol. The Labute approximate surface area is 198 Å². The molecule has 0 aromatic heterocycles. The van der Waals surface area contributed by atoms with E-state index in [1.165, 1.54) is 57.8 Å². The zero-order valence-electron chi connectivity index (χ0n) is 22.1. The summed E-state index contributed by atoms with van der Waals surface area (Å²) in [6.07, 6.45) is 22.3. The molecule has 0 unspecified atom stereocenters. The molecule has 0 spiro atoms. The van der Waals surface area contributed by atoms with Crippen molar-refractivity contribution in [2.45, 2.75) is 155 Å². The molecule has 0 saturated carbocycles. The normalized spacial score (nSPS) is 12.3. The molecule has 0 aliphatic rings. The van der Waals surface area contributed by atoms with Gasteiger partial charge in [-0.3, -0.25) is 9.59 Å². The van der Waals surface area contributed by atoms with Crippen molar-refractivity contribution in [3.63, 3.8) is 0 Å². The molecule has 32 heavy (non-hydrogen) atoms. The number of hydrogen-bond acceptors (Lipinski definition) is 4. The van der Waals surface area contributed by atoms with Crippen LogP contribution < -0.4 is 0 Å². The fraction of sp³-hybridized carbons (Fsp3) is 0.857. The fourth-order valence-corrected chi connectivity index (χ4v) is 3.50. The summed E-state index contributed by atoms with van der Waals surface area (Å²) in [6, 6.07) is 0. The number of unbranched alkanes of at least 4 members (excludes halogenated alkanes) is 12. The number of allylic oxidation sites excluding steroid dienone is 2. The molecule has 0 heterocycles. The van der Waals surface area contributed by atoms with Gasteiger partial charge in [-0.15, -0.1) is 0 Å². The highest BCUT2D eigenvalue weighted by Gasteiger charge is 2.16. The predicted molar refractivity (Wildman–Crippen MR) is 135 cm³/mol. The maximum Gasteiger partial charge on any atom is 0.306 e. The zero-order valence-corrected chi connectivity index (χ0v) is 22.1. The lowest BCUT2D eigenvalue weighted by atomic mass is 10.0. The van der Waals surface area contributed by atoms with E-state index in [9.17, 15) is 9.59 Å².